The van der Waals surface area contributed by atoms with E-state index in [0.717, 1.165) is 5.69 Å². The third-order valence-electron chi connectivity index (χ3n) is 3.73. The van der Waals surface area contributed by atoms with Gasteiger partial charge in [0.1, 0.15) is 11.6 Å². The van der Waals surface area contributed by atoms with Crippen molar-refractivity contribution >= 4 is 5.97 Å². The third kappa shape index (κ3) is 2.74. The summed E-state index contributed by atoms with van der Waals surface area (Å²) in [5.41, 5.74) is 1.36. The fourth-order valence-corrected chi connectivity index (χ4v) is 2.40. The molecule has 1 aromatic carbocycles. The van der Waals surface area contributed by atoms with Crippen molar-refractivity contribution in [2.75, 3.05) is 6.61 Å². The van der Waals surface area contributed by atoms with Gasteiger partial charge >= 0.3 is 5.97 Å². The number of aryl methyl sites for hydroxylation is 1. The van der Waals surface area contributed by atoms with Gasteiger partial charge in [-0.25, -0.2) is 4.39 Å². The van der Waals surface area contributed by atoms with Crippen molar-refractivity contribution in [1.82, 2.24) is 9.78 Å². The van der Waals surface area contributed by atoms with Gasteiger partial charge < -0.3 is 9.84 Å². The summed E-state index contributed by atoms with van der Waals surface area (Å²) >= 11 is 0. The highest BCUT2D eigenvalue weighted by atomic mass is 19.1. The van der Waals surface area contributed by atoms with Crippen LogP contribution in [0, 0.1) is 17.7 Å². The van der Waals surface area contributed by atoms with Crippen LogP contribution in [-0.4, -0.2) is 27.5 Å². The summed E-state index contributed by atoms with van der Waals surface area (Å²) < 4.78 is 20.8. The van der Waals surface area contributed by atoms with Gasteiger partial charge in [-0.05, 0) is 30.7 Å². The molecule has 2 atom stereocenters. The van der Waals surface area contributed by atoms with E-state index in [2.05, 4.69) is 5.10 Å². The van der Waals surface area contributed by atoms with Crippen molar-refractivity contribution in [3.8, 4) is 17.0 Å². The van der Waals surface area contributed by atoms with Crippen LogP contribution < -0.4 is 4.74 Å². The smallest absolute Gasteiger partial charge is 0.306 e. The minimum Gasteiger partial charge on any atom is -0.493 e. The molecule has 5 nitrogen and oxygen atoms in total. The Morgan fingerprint density at radius 1 is 1.52 bits per heavy atom. The third-order valence-corrected chi connectivity index (χ3v) is 3.73. The molecule has 0 bridgehead atoms. The molecular formula is C15H15FN2O3. The average Bonchev–Trinajstić information content (AvgIpc) is 3.11. The zero-order valence-corrected chi connectivity index (χ0v) is 11.5. The Labute approximate surface area is 121 Å². The molecule has 1 aromatic heterocycles. The Hall–Kier alpha value is -2.37. The van der Waals surface area contributed by atoms with Crippen molar-refractivity contribution in [1.29, 1.82) is 0 Å². The molecule has 6 heteroatoms. The Morgan fingerprint density at radius 3 is 2.95 bits per heavy atom. The summed E-state index contributed by atoms with van der Waals surface area (Å²) in [6.45, 7) is 0.327. The number of benzene rings is 1. The normalized spacial score (nSPS) is 20.3. The van der Waals surface area contributed by atoms with Crippen molar-refractivity contribution in [2.24, 2.45) is 18.9 Å². The van der Waals surface area contributed by atoms with Gasteiger partial charge in [0.15, 0.2) is 0 Å². The number of hydrogen-bond acceptors (Lipinski definition) is 3. The molecule has 1 aliphatic carbocycles. The molecule has 21 heavy (non-hydrogen) atoms. The first-order valence-electron chi connectivity index (χ1n) is 6.70. The van der Waals surface area contributed by atoms with E-state index in [0.29, 0.717) is 24.3 Å². The van der Waals surface area contributed by atoms with E-state index in [1.54, 1.807) is 30.1 Å². The molecule has 1 saturated carbocycles. The second-order valence-electron chi connectivity index (χ2n) is 5.23. The van der Waals surface area contributed by atoms with Crippen molar-refractivity contribution < 1.29 is 19.0 Å². The largest absolute Gasteiger partial charge is 0.493 e. The van der Waals surface area contributed by atoms with E-state index in [-0.39, 0.29) is 17.7 Å². The van der Waals surface area contributed by atoms with Gasteiger partial charge in [0.2, 0.25) is 0 Å². The van der Waals surface area contributed by atoms with E-state index >= 15 is 0 Å². The Balaban J connectivity index is 1.79. The van der Waals surface area contributed by atoms with Crippen LogP contribution in [0.1, 0.15) is 6.42 Å². The highest BCUT2D eigenvalue weighted by molar-refractivity contribution is 5.73. The number of halogens is 1. The summed E-state index contributed by atoms with van der Waals surface area (Å²) in [5, 5.41) is 12.9. The molecule has 0 spiro atoms. The number of hydrogen-bond donors (Lipinski definition) is 1. The lowest BCUT2D eigenvalue weighted by molar-refractivity contribution is -0.138. The van der Waals surface area contributed by atoms with E-state index in [9.17, 15) is 9.18 Å². The molecule has 0 amide bonds. The summed E-state index contributed by atoms with van der Waals surface area (Å²) in [6, 6.07) is 6.07. The maximum absolute atomic E-state index is 13.5. The monoisotopic (exact) mass is 290 g/mol. The number of ether oxygens (including phenoxy) is 1. The topological polar surface area (TPSA) is 64.4 Å². The van der Waals surface area contributed by atoms with Gasteiger partial charge in [-0.1, -0.05) is 0 Å². The fourth-order valence-electron chi connectivity index (χ4n) is 2.40. The van der Waals surface area contributed by atoms with Crippen LogP contribution in [0.4, 0.5) is 4.39 Å². The van der Waals surface area contributed by atoms with Gasteiger partial charge in [0, 0.05) is 24.7 Å². The van der Waals surface area contributed by atoms with E-state index < -0.39 is 5.97 Å². The maximum Gasteiger partial charge on any atom is 0.306 e. The molecule has 0 radical (unpaired) electrons. The summed E-state index contributed by atoms with van der Waals surface area (Å²) in [6.07, 6.45) is 2.27. The number of carbonyl (C=O) groups is 1. The molecule has 1 heterocycles. The van der Waals surface area contributed by atoms with Crippen LogP contribution in [0.15, 0.2) is 30.5 Å². The lowest BCUT2D eigenvalue weighted by Crippen LogP contribution is -2.07. The van der Waals surface area contributed by atoms with Gasteiger partial charge in [-0.15, -0.1) is 0 Å². The first-order chi connectivity index (χ1) is 10.1. The van der Waals surface area contributed by atoms with Gasteiger partial charge in [0.05, 0.1) is 18.2 Å². The molecule has 0 aliphatic heterocycles. The second-order valence-corrected chi connectivity index (χ2v) is 5.23. The molecular weight excluding hydrogens is 275 g/mol. The predicted molar refractivity (Wildman–Crippen MR) is 73.3 cm³/mol. The minimum absolute atomic E-state index is 0.0342. The highest BCUT2D eigenvalue weighted by Gasteiger charge is 2.43. The number of carboxylic acids is 1. The number of aromatic nitrogens is 2. The molecule has 0 saturated heterocycles. The minimum atomic E-state index is -0.783. The zero-order chi connectivity index (χ0) is 15.0. The van der Waals surface area contributed by atoms with Crippen LogP contribution in [0.3, 0.4) is 0 Å². The van der Waals surface area contributed by atoms with Crippen molar-refractivity contribution in [3.63, 3.8) is 0 Å². The van der Waals surface area contributed by atoms with Crippen LogP contribution in [0.25, 0.3) is 11.3 Å². The number of carboxylic acid groups (broad SMARTS) is 1. The molecule has 110 valence electrons. The van der Waals surface area contributed by atoms with Gasteiger partial charge in [-0.2, -0.15) is 5.10 Å². The van der Waals surface area contributed by atoms with Crippen LogP contribution in [-0.2, 0) is 11.8 Å². The number of nitrogens with zero attached hydrogens (tertiary/aromatic N) is 2. The Morgan fingerprint density at radius 2 is 2.33 bits per heavy atom. The first-order valence-corrected chi connectivity index (χ1v) is 6.70. The molecule has 2 aromatic rings. The summed E-state index contributed by atoms with van der Waals surface area (Å²) in [7, 11) is 1.77. The predicted octanol–water partition coefficient (Wildman–Crippen LogP) is 2.33. The summed E-state index contributed by atoms with van der Waals surface area (Å²) in [4.78, 5) is 10.8. The SMILES string of the molecule is Cn1nccc1-c1cc(F)ccc1OC[C@@H]1C[C@H]1C(=O)O. The van der Waals surface area contributed by atoms with Crippen LogP contribution in [0.5, 0.6) is 5.75 Å². The quantitative estimate of drug-likeness (QED) is 0.918. The fraction of sp³-hybridized carbons (Fsp3) is 0.333. The maximum atomic E-state index is 13.5. The van der Waals surface area contributed by atoms with E-state index in [1.165, 1.54) is 12.1 Å². The van der Waals surface area contributed by atoms with Crippen LogP contribution >= 0.6 is 0 Å². The van der Waals surface area contributed by atoms with Gasteiger partial charge in [0.25, 0.3) is 0 Å². The molecule has 3 rings (SSSR count). The van der Waals surface area contributed by atoms with Crippen molar-refractivity contribution in [2.45, 2.75) is 6.42 Å². The number of aliphatic carboxylic acids is 1. The second kappa shape index (κ2) is 5.20. The molecule has 0 unspecified atom stereocenters. The molecule has 1 N–H and O–H groups in total. The van der Waals surface area contributed by atoms with Crippen molar-refractivity contribution in [3.05, 3.63) is 36.3 Å². The number of rotatable bonds is 5. The Kier molecular flexibility index (Phi) is 3.37. The van der Waals surface area contributed by atoms with E-state index in [1.807, 2.05) is 0 Å². The lowest BCUT2D eigenvalue weighted by Gasteiger charge is -2.11. The van der Waals surface area contributed by atoms with Crippen LogP contribution in [0.2, 0.25) is 0 Å². The van der Waals surface area contributed by atoms with E-state index in [4.69, 9.17) is 9.84 Å². The lowest BCUT2D eigenvalue weighted by atomic mass is 10.1. The first kappa shape index (κ1) is 13.6. The standard InChI is InChI=1S/C15H15FN2O3/c1-18-13(4-5-17-18)12-7-10(16)2-3-14(12)21-8-9-6-11(9)15(19)20/h2-5,7,9,11H,6,8H2,1H3,(H,19,20)/t9-,11+/m0/s1. The summed E-state index contributed by atoms with van der Waals surface area (Å²) in [5.74, 6) is -0.878. The molecule has 1 fully saturated rings. The Bertz CT molecular complexity index is 683. The van der Waals surface area contributed by atoms with Gasteiger partial charge in [-0.3, -0.25) is 9.48 Å². The zero-order valence-electron chi connectivity index (χ0n) is 11.5. The highest BCUT2D eigenvalue weighted by Crippen LogP contribution is 2.40. The average molecular weight is 290 g/mol. The molecule has 1 aliphatic rings.